The molecule has 60 valence electrons. The summed E-state index contributed by atoms with van der Waals surface area (Å²) in [5.74, 6) is 0.763. The lowest BCUT2D eigenvalue weighted by atomic mass is 10.1. The number of hydrogen-bond donors (Lipinski definition) is 0. The minimum atomic E-state index is 0.624. The van der Waals surface area contributed by atoms with Crippen molar-refractivity contribution in [2.75, 3.05) is 0 Å². The van der Waals surface area contributed by atoms with E-state index in [2.05, 4.69) is 36.2 Å². The highest BCUT2D eigenvalue weighted by Gasteiger charge is 2.36. The van der Waals surface area contributed by atoms with Gasteiger partial charge in [0.2, 0.25) is 0 Å². The summed E-state index contributed by atoms with van der Waals surface area (Å²) in [5.41, 5.74) is 1.31. The fourth-order valence-electron chi connectivity index (χ4n) is 1.92. The van der Waals surface area contributed by atoms with E-state index in [1.54, 1.807) is 0 Å². The molecule has 1 aliphatic heterocycles. The number of benzene rings is 1. The first-order valence-electron chi connectivity index (χ1n) is 4.50. The second-order valence-electron chi connectivity index (χ2n) is 3.78. The minimum Gasteiger partial charge on any atom is -0.281 e. The van der Waals surface area contributed by atoms with E-state index in [4.69, 9.17) is 0 Å². The van der Waals surface area contributed by atoms with Gasteiger partial charge in [0.1, 0.15) is 0 Å². The Balaban J connectivity index is 2.44. The summed E-state index contributed by atoms with van der Waals surface area (Å²) in [4.78, 5) is 4.69. The monoisotopic (exact) mass is 157 g/mol. The maximum atomic E-state index is 4.69. The Hall–Kier alpha value is -1.11. The molecular formula is C11H11N. The third kappa shape index (κ3) is 0.765. The SMILES string of the molecule is Cc1cccc2c1=NC1CC1C=2. The Morgan fingerprint density at radius 1 is 1.42 bits per heavy atom. The van der Waals surface area contributed by atoms with Gasteiger partial charge in [-0.1, -0.05) is 24.3 Å². The van der Waals surface area contributed by atoms with Crippen LogP contribution in [0.1, 0.15) is 12.0 Å². The van der Waals surface area contributed by atoms with E-state index in [0.717, 1.165) is 5.92 Å². The zero-order chi connectivity index (χ0) is 8.13. The minimum absolute atomic E-state index is 0.624. The van der Waals surface area contributed by atoms with Crippen LogP contribution in [-0.2, 0) is 0 Å². The van der Waals surface area contributed by atoms with Crippen molar-refractivity contribution in [1.82, 2.24) is 0 Å². The van der Waals surface area contributed by atoms with Gasteiger partial charge in [0.05, 0.1) is 11.4 Å². The molecule has 3 rings (SSSR count). The van der Waals surface area contributed by atoms with E-state index in [1.165, 1.54) is 22.6 Å². The first-order valence-corrected chi connectivity index (χ1v) is 4.50. The number of hydrogen-bond acceptors (Lipinski definition) is 1. The van der Waals surface area contributed by atoms with Crippen molar-refractivity contribution in [2.24, 2.45) is 10.9 Å². The molecule has 1 fully saturated rings. The number of nitrogens with zero attached hydrogens (tertiary/aromatic N) is 1. The molecule has 2 unspecified atom stereocenters. The number of para-hydroxylation sites is 1. The highest BCUT2D eigenvalue weighted by atomic mass is 14.9. The Morgan fingerprint density at radius 2 is 2.33 bits per heavy atom. The van der Waals surface area contributed by atoms with Gasteiger partial charge in [-0.15, -0.1) is 0 Å². The normalized spacial score (nSPS) is 29.4. The van der Waals surface area contributed by atoms with Crippen molar-refractivity contribution < 1.29 is 0 Å². The zero-order valence-corrected chi connectivity index (χ0v) is 7.12. The first-order chi connectivity index (χ1) is 5.84. The average molecular weight is 157 g/mol. The second kappa shape index (κ2) is 1.98. The van der Waals surface area contributed by atoms with Crippen molar-refractivity contribution in [2.45, 2.75) is 19.4 Å². The summed E-state index contributed by atoms with van der Waals surface area (Å²) in [5, 5.41) is 2.57. The van der Waals surface area contributed by atoms with Gasteiger partial charge < -0.3 is 0 Å². The molecule has 0 spiro atoms. The van der Waals surface area contributed by atoms with Crippen LogP contribution in [0, 0.1) is 12.8 Å². The van der Waals surface area contributed by atoms with Crippen molar-refractivity contribution in [3.63, 3.8) is 0 Å². The lowest BCUT2D eigenvalue weighted by Crippen LogP contribution is -2.30. The van der Waals surface area contributed by atoms with Crippen molar-refractivity contribution >= 4 is 6.08 Å². The molecule has 0 radical (unpaired) electrons. The third-order valence-electron chi connectivity index (χ3n) is 2.76. The van der Waals surface area contributed by atoms with Gasteiger partial charge in [-0.2, -0.15) is 0 Å². The number of fused-ring (bicyclic) bond motifs is 2. The summed E-state index contributed by atoms with van der Waals surface area (Å²) in [7, 11) is 0. The van der Waals surface area contributed by atoms with Crippen LogP contribution >= 0.6 is 0 Å². The molecule has 1 heterocycles. The van der Waals surface area contributed by atoms with E-state index in [0.29, 0.717) is 6.04 Å². The van der Waals surface area contributed by atoms with Crippen LogP contribution in [0.3, 0.4) is 0 Å². The summed E-state index contributed by atoms with van der Waals surface area (Å²) in [6.07, 6.45) is 3.65. The van der Waals surface area contributed by atoms with Crippen LogP contribution in [0.15, 0.2) is 23.2 Å². The summed E-state index contributed by atoms with van der Waals surface area (Å²) >= 11 is 0. The lowest BCUT2D eigenvalue weighted by molar-refractivity contribution is 0.922. The number of rotatable bonds is 0. The van der Waals surface area contributed by atoms with E-state index in [-0.39, 0.29) is 0 Å². The smallest absolute Gasteiger partial charge is 0.0676 e. The topological polar surface area (TPSA) is 12.4 Å². The summed E-state index contributed by atoms with van der Waals surface area (Å²) in [6, 6.07) is 7.04. The molecule has 12 heavy (non-hydrogen) atoms. The fourth-order valence-corrected chi connectivity index (χ4v) is 1.92. The standard InChI is InChI=1S/C11H11N/c1-7-3-2-4-8-5-9-6-10(9)12-11(7)8/h2-5,9-10H,6H2,1H3. The second-order valence-corrected chi connectivity index (χ2v) is 3.78. The molecule has 1 aromatic carbocycles. The molecular weight excluding hydrogens is 146 g/mol. The van der Waals surface area contributed by atoms with E-state index >= 15 is 0 Å². The molecule has 0 N–H and O–H groups in total. The fraction of sp³-hybridized carbons (Fsp3) is 0.364. The Kier molecular flexibility index (Phi) is 1.06. The van der Waals surface area contributed by atoms with Gasteiger partial charge in [0.15, 0.2) is 0 Å². The van der Waals surface area contributed by atoms with E-state index < -0.39 is 0 Å². The predicted octanol–water partition coefficient (Wildman–Crippen LogP) is 0.797. The molecule has 0 saturated heterocycles. The van der Waals surface area contributed by atoms with E-state index in [1.807, 2.05) is 0 Å². The van der Waals surface area contributed by atoms with Gasteiger partial charge in [-0.25, -0.2) is 0 Å². The van der Waals surface area contributed by atoms with Gasteiger partial charge >= 0.3 is 0 Å². The van der Waals surface area contributed by atoms with Crippen LogP contribution in [0.4, 0.5) is 0 Å². The molecule has 2 atom stereocenters. The molecule has 0 amide bonds. The molecule has 1 aromatic rings. The average Bonchev–Trinajstić information content (AvgIpc) is 2.79. The van der Waals surface area contributed by atoms with Crippen LogP contribution < -0.4 is 10.6 Å². The summed E-state index contributed by atoms with van der Waals surface area (Å²) < 4.78 is 0. The maximum Gasteiger partial charge on any atom is 0.0676 e. The quantitative estimate of drug-likeness (QED) is 0.528. The van der Waals surface area contributed by atoms with E-state index in [9.17, 15) is 0 Å². The third-order valence-corrected chi connectivity index (χ3v) is 2.76. The molecule has 1 nitrogen and oxygen atoms in total. The van der Waals surface area contributed by atoms with Gasteiger partial charge in [0.25, 0.3) is 0 Å². The first kappa shape index (κ1) is 6.41. The molecule has 0 aromatic heterocycles. The van der Waals surface area contributed by atoms with Crippen LogP contribution in [0.25, 0.3) is 6.08 Å². The zero-order valence-electron chi connectivity index (χ0n) is 7.12. The Labute approximate surface area is 71.5 Å². The van der Waals surface area contributed by atoms with Crippen LogP contribution in [0.5, 0.6) is 0 Å². The summed E-state index contributed by atoms with van der Waals surface area (Å²) in [6.45, 7) is 2.14. The predicted molar refractivity (Wildman–Crippen MR) is 48.3 cm³/mol. The maximum absolute atomic E-state index is 4.69. The van der Waals surface area contributed by atoms with Gasteiger partial charge in [-0.3, -0.25) is 4.99 Å². The Morgan fingerprint density at radius 3 is 3.25 bits per heavy atom. The molecule has 2 aliphatic rings. The Bertz CT molecular complexity index is 445. The van der Waals surface area contributed by atoms with Crippen LogP contribution in [-0.4, -0.2) is 6.04 Å². The van der Waals surface area contributed by atoms with Crippen molar-refractivity contribution in [3.8, 4) is 0 Å². The molecule has 1 aliphatic carbocycles. The van der Waals surface area contributed by atoms with Crippen LogP contribution in [0.2, 0.25) is 0 Å². The van der Waals surface area contributed by atoms with Crippen molar-refractivity contribution in [3.05, 3.63) is 34.3 Å². The van der Waals surface area contributed by atoms with Gasteiger partial charge in [-0.05, 0) is 24.1 Å². The molecule has 0 bridgehead atoms. The molecule has 1 saturated carbocycles. The highest BCUT2D eigenvalue weighted by molar-refractivity contribution is 5.38. The number of aryl methyl sites for hydroxylation is 1. The van der Waals surface area contributed by atoms with Gasteiger partial charge in [0, 0.05) is 5.92 Å². The highest BCUT2D eigenvalue weighted by Crippen LogP contribution is 2.35. The lowest BCUT2D eigenvalue weighted by Gasteiger charge is -2.00. The molecule has 1 heteroatoms. The van der Waals surface area contributed by atoms with Crippen molar-refractivity contribution in [1.29, 1.82) is 0 Å². The largest absolute Gasteiger partial charge is 0.281 e.